The fraction of sp³-hybridized carbons (Fsp3) is 0.600. The first-order valence-electron chi connectivity index (χ1n) is 7.01. The summed E-state index contributed by atoms with van der Waals surface area (Å²) in [6.45, 7) is -0.212. The lowest BCUT2D eigenvalue weighted by Crippen LogP contribution is -2.61. The second kappa shape index (κ2) is 7.75. The Kier molecular flexibility index (Phi) is 5.98. The van der Waals surface area contributed by atoms with E-state index in [1.54, 1.807) is 38.5 Å². The van der Waals surface area contributed by atoms with Gasteiger partial charge < -0.3 is 34.5 Å². The van der Waals surface area contributed by atoms with Crippen LogP contribution in [0.4, 0.5) is 5.69 Å². The largest absolute Gasteiger partial charge is 0.462 e. The van der Waals surface area contributed by atoms with Gasteiger partial charge in [-0.15, -0.1) is 0 Å². The van der Waals surface area contributed by atoms with Crippen LogP contribution in [0, 0.1) is 0 Å². The molecule has 7 heteroatoms. The van der Waals surface area contributed by atoms with Crippen molar-refractivity contribution >= 4 is 5.69 Å². The van der Waals surface area contributed by atoms with Gasteiger partial charge in [0.15, 0.2) is 0 Å². The zero-order valence-corrected chi connectivity index (χ0v) is 13.0. The van der Waals surface area contributed by atoms with E-state index in [1.807, 2.05) is 0 Å². The number of nitrogens with two attached hydrogens (primary N) is 1. The number of benzene rings is 1. The molecule has 3 N–H and O–H groups in total. The Morgan fingerprint density at radius 2 is 1.59 bits per heavy atom. The summed E-state index contributed by atoms with van der Waals surface area (Å²) in [5.41, 5.74) is 6.30. The van der Waals surface area contributed by atoms with Gasteiger partial charge >= 0.3 is 0 Å². The molecule has 0 aromatic heterocycles. The summed E-state index contributed by atoms with van der Waals surface area (Å²) in [7, 11) is 4.64. The highest BCUT2D eigenvalue weighted by atomic mass is 16.7. The van der Waals surface area contributed by atoms with E-state index in [9.17, 15) is 5.11 Å². The van der Waals surface area contributed by atoms with E-state index >= 15 is 0 Å². The van der Waals surface area contributed by atoms with E-state index in [-0.39, 0.29) is 6.61 Å². The molecule has 1 saturated heterocycles. The number of hydrogen-bond acceptors (Lipinski definition) is 7. The quantitative estimate of drug-likeness (QED) is 0.735. The van der Waals surface area contributed by atoms with Crippen molar-refractivity contribution < 1.29 is 28.8 Å². The summed E-state index contributed by atoms with van der Waals surface area (Å²) < 4.78 is 27.9. The molecular weight excluding hydrogens is 290 g/mol. The van der Waals surface area contributed by atoms with Crippen LogP contribution in [0.2, 0.25) is 0 Å². The maximum Gasteiger partial charge on any atom is 0.229 e. The molecule has 124 valence electrons. The maximum atomic E-state index is 9.51. The highest BCUT2D eigenvalue weighted by Crippen LogP contribution is 2.29. The van der Waals surface area contributed by atoms with Gasteiger partial charge in [-0.25, -0.2) is 0 Å². The highest BCUT2D eigenvalue weighted by Gasteiger charge is 2.48. The topological polar surface area (TPSA) is 92.4 Å². The molecule has 0 spiro atoms. The molecule has 1 fully saturated rings. The number of nitrogen functional groups attached to an aromatic ring is 1. The van der Waals surface area contributed by atoms with Crippen LogP contribution >= 0.6 is 0 Å². The molecule has 1 aromatic carbocycles. The number of aliphatic hydroxyl groups is 1. The molecule has 1 aromatic rings. The first-order chi connectivity index (χ1) is 10.6. The molecule has 22 heavy (non-hydrogen) atoms. The van der Waals surface area contributed by atoms with Crippen molar-refractivity contribution in [3.63, 3.8) is 0 Å². The molecule has 1 heterocycles. The third-order valence-corrected chi connectivity index (χ3v) is 3.72. The zero-order chi connectivity index (χ0) is 16.1. The first kappa shape index (κ1) is 17.0. The van der Waals surface area contributed by atoms with Gasteiger partial charge in [0, 0.05) is 27.0 Å². The number of methoxy groups -OCH3 is 3. The molecule has 5 atom stereocenters. The lowest BCUT2D eigenvalue weighted by atomic mass is 9.98. The number of ether oxygens (including phenoxy) is 5. The van der Waals surface area contributed by atoms with E-state index in [1.165, 1.54) is 7.11 Å². The Bertz CT molecular complexity index is 454. The van der Waals surface area contributed by atoms with E-state index in [0.29, 0.717) is 11.4 Å². The summed E-state index contributed by atoms with van der Waals surface area (Å²) in [6.07, 6.45) is -2.69. The molecule has 0 radical (unpaired) electrons. The summed E-state index contributed by atoms with van der Waals surface area (Å²) in [4.78, 5) is 0. The van der Waals surface area contributed by atoms with E-state index < -0.39 is 30.7 Å². The van der Waals surface area contributed by atoms with Crippen LogP contribution in [0.3, 0.4) is 0 Å². The van der Waals surface area contributed by atoms with Crippen LogP contribution in [0.1, 0.15) is 0 Å². The van der Waals surface area contributed by atoms with Crippen LogP contribution in [0.15, 0.2) is 24.3 Å². The van der Waals surface area contributed by atoms with Crippen LogP contribution in [0.25, 0.3) is 0 Å². The predicted octanol–water partition coefficient (Wildman–Crippen LogP) is 0.410. The van der Waals surface area contributed by atoms with Crippen molar-refractivity contribution in [3.05, 3.63) is 24.3 Å². The Hall–Kier alpha value is -1.38. The van der Waals surface area contributed by atoms with Gasteiger partial charge in [-0.3, -0.25) is 0 Å². The van der Waals surface area contributed by atoms with Crippen molar-refractivity contribution in [2.24, 2.45) is 0 Å². The van der Waals surface area contributed by atoms with Gasteiger partial charge in [0.25, 0.3) is 0 Å². The predicted molar refractivity (Wildman–Crippen MR) is 79.6 cm³/mol. The van der Waals surface area contributed by atoms with Crippen LogP contribution < -0.4 is 10.5 Å². The number of rotatable bonds is 6. The van der Waals surface area contributed by atoms with E-state index in [2.05, 4.69) is 0 Å². The fourth-order valence-corrected chi connectivity index (χ4v) is 2.60. The van der Waals surface area contributed by atoms with Crippen LogP contribution in [0.5, 0.6) is 5.75 Å². The second-order valence-corrected chi connectivity index (χ2v) is 5.01. The molecule has 0 amide bonds. The molecule has 2 rings (SSSR count). The SMILES string of the molecule is CO[C@H]1[C@@H](OC)[C@@H](CO)O[C@@H](Oc2ccc(N)cc2)[C@@H]1OC. The van der Waals surface area contributed by atoms with E-state index in [0.717, 1.165) is 0 Å². The average Bonchev–Trinajstić information content (AvgIpc) is 2.55. The molecule has 0 aliphatic carbocycles. The van der Waals surface area contributed by atoms with Crippen molar-refractivity contribution in [2.45, 2.75) is 30.7 Å². The lowest BCUT2D eigenvalue weighted by Gasteiger charge is -2.44. The monoisotopic (exact) mass is 313 g/mol. The summed E-state index contributed by atoms with van der Waals surface area (Å²) in [6, 6.07) is 6.94. The molecule has 0 saturated carbocycles. The second-order valence-electron chi connectivity index (χ2n) is 5.01. The van der Waals surface area contributed by atoms with Crippen molar-refractivity contribution in [3.8, 4) is 5.75 Å². The maximum absolute atomic E-state index is 9.51. The summed E-state index contributed by atoms with van der Waals surface area (Å²) >= 11 is 0. The Labute approximate surface area is 129 Å². The highest BCUT2D eigenvalue weighted by molar-refractivity contribution is 5.41. The van der Waals surface area contributed by atoms with Gasteiger partial charge in [0.05, 0.1) is 6.61 Å². The third-order valence-electron chi connectivity index (χ3n) is 3.72. The van der Waals surface area contributed by atoms with Gasteiger partial charge in [0.1, 0.15) is 30.2 Å². The first-order valence-corrected chi connectivity index (χ1v) is 7.01. The van der Waals surface area contributed by atoms with Crippen molar-refractivity contribution in [1.82, 2.24) is 0 Å². The van der Waals surface area contributed by atoms with Gasteiger partial charge in [0.2, 0.25) is 6.29 Å². The minimum absolute atomic E-state index is 0.212. The molecule has 1 aliphatic rings. The number of aliphatic hydroxyl groups excluding tert-OH is 1. The van der Waals surface area contributed by atoms with Gasteiger partial charge in [-0.2, -0.15) is 0 Å². The Morgan fingerprint density at radius 3 is 2.09 bits per heavy atom. The van der Waals surface area contributed by atoms with Crippen LogP contribution in [-0.4, -0.2) is 63.7 Å². The van der Waals surface area contributed by atoms with Crippen LogP contribution in [-0.2, 0) is 18.9 Å². The molecule has 7 nitrogen and oxygen atoms in total. The Balaban J connectivity index is 2.19. The molecule has 0 bridgehead atoms. The normalized spacial score (nSPS) is 31.9. The standard InChI is InChI=1S/C15H23NO6/c1-18-12-11(8-17)22-15(14(20-3)13(12)19-2)21-10-6-4-9(16)5-7-10/h4-7,11-15,17H,8,16H2,1-3H3/t11-,12+,13+,14-,15-/m1/s1. The minimum atomic E-state index is -0.734. The number of anilines is 1. The smallest absolute Gasteiger partial charge is 0.229 e. The lowest BCUT2D eigenvalue weighted by molar-refractivity contribution is -0.291. The Morgan fingerprint density at radius 1 is 1.00 bits per heavy atom. The number of hydrogen-bond donors (Lipinski definition) is 2. The van der Waals surface area contributed by atoms with Gasteiger partial charge in [-0.1, -0.05) is 0 Å². The third kappa shape index (κ3) is 3.50. The molecule has 1 aliphatic heterocycles. The van der Waals surface area contributed by atoms with E-state index in [4.69, 9.17) is 29.4 Å². The van der Waals surface area contributed by atoms with Gasteiger partial charge in [-0.05, 0) is 24.3 Å². The van der Waals surface area contributed by atoms with Crippen molar-refractivity contribution in [1.29, 1.82) is 0 Å². The van der Waals surface area contributed by atoms with Crippen molar-refractivity contribution in [2.75, 3.05) is 33.7 Å². The fourth-order valence-electron chi connectivity index (χ4n) is 2.60. The summed E-state index contributed by atoms with van der Waals surface area (Å²) in [5, 5.41) is 9.51. The zero-order valence-electron chi connectivity index (χ0n) is 13.0. The molecular formula is C15H23NO6. The minimum Gasteiger partial charge on any atom is -0.462 e. The average molecular weight is 313 g/mol. The molecule has 0 unspecified atom stereocenters. The summed E-state index contributed by atoms with van der Waals surface area (Å²) in [5.74, 6) is 0.587.